The lowest BCUT2D eigenvalue weighted by Gasteiger charge is -2.10. The van der Waals surface area contributed by atoms with Crippen LogP contribution in [-0.2, 0) is 19.0 Å². The molecular weight excluding hydrogens is 297 g/mol. The highest BCUT2D eigenvalue weighted by molar-refractivity contribution is 7.98. The molecule has 0 saturated carbocycles. The van der Waals surface area contributed by atoms with Crippen molar-refractivity contribution in [2.24, 2.45) is 7.05 Å². The fraction of sp³-hybridized carbons (Fsp3) is 0.250. The van der Waals surface area contributed by atoms with Crippen LogP contribution in [0.25, 0.3) is 0 Å². The van der Waals surface area contributed by atoms with Gasteiger partial charge in [0.2, 0.25) is 0 Å². The molecule has 2 rings (SSSR count). The van der Waals surface area contributed by atoms with Gasteiger partial charge in [-0.3, -0.25) is 0 Å². The predicted octanol–water partition coefficient (Wildman–Crippen LogP) is 4.38. The molecule has 2 nitrogen and oxygen atoms in total. The van der Waals surface area contributed by atoms with Gasteiger partial charge in [-0.2, -0.15) is 13.2 Å². The van der Waals surface area contributed by atoms with Crippen LogP contribution in [0.3, 0.4) is 0 Å². The Bertz CT molecular complexity index is 581. The molecule has 0 saturated heterocycles. The second-order valence-corrected chi connectivity index (χ2v) is 5.38. The summed E-state index contributed by atoms with van der Waals surface area (Å²) in [6.45, 7) is 0. The van der Waals surface area contributed by atoms with E-state index in [0.29, 0.717) is 10.6 Å². The lowest BCUT2D eigenvalue weighted by atomic mass is 10.2. The summed E-state index contributed by atoms with van der Waals surface area (Å²) in [6, 6.07) is 3.93. The lowest BCUT2D eigenvalue weighted by molar-refractivity contribution is -0.137. The third kappa shape index (κ3) is 3.45. The van der Waals surface area contributed by atoms with Gasteiger partial charge >= 0.3 is 6.18 Å². The molecule has 2 aromatic rings. The monoisotopic (exact) mass is 306 g/mol. The number of benzene rings is 1. The minimum atomic E-state index is -4.43. The van der Waals surface area contributed by atoms with Crippen LogP contribution in [0.2, 0.25) is 5.02 Å². The molecule has 7 heteroatoms. The van der Waals surface area contributed by atoms with E-state index in [1.165, 1.54) is 17.8 Å². The summed E-state index contributed by atoms with van der Waals surface area (Å²) in [5.74, 6) is 0.551. The summed E-state index contributed by atoms with van der Waals surface area (Å²) in [5.41, 5.74) is 0.137. The van der Waals surface area contributed by atoms with E-state index in [1.54, 1.807) is 18.6 Å². The van der Waals surface area contributed by atoms with E-state index in [0.717, 1.165) is 11.8 Å². The number of aryl methyl sites for hydroxylation is 1. The highest BCUT2D eigenvalue weighted by Gasteiger charge is 2.33. The Kier molecular flexibility index (Phi) is 4.10. The molecule has 1 heterocycles. The number of halogens is 4. The van der Waals surface area contributed by atoms with Crippen LogP contribution in [0.4, 0.5) is 13.2 Å². The maximum Gasteiger partial charge on any atom is 0.417 e. The van der Waals surface area contributed by atoms with Crippen LogP contribution < -0.4 is 0 Å². The summed E-state index contributed by atoms with van der Waals surface area (Å²) >= 11 is 6.87. The van der Waals surface area contributed by atoms with Crippen molar-refractivity contribution in [3.05, 3.63) is 47.0 Å². The van der Waals surface area contributed by atoms with E-state index >= 15 is 0 Å². The molecule has 102 valence electrons. The first-order valence-corrected chi connectivity index (χ1v) is 6.69. The van der Waals surface area contributed by atoms with Crippen molar-refractivity contribution in [2.45, 2.75) is 16.8 Å². The van der Waals surface area contributed by atoms with Crippen LogP contribution in [0, 0.1) is 0 Å². The van der Waals surface area contributed by atoms with E-state index in [2.05, 4.69) is 4.98 Å². The molecule has 0 aliphatic rings. The number of aromatic nitrogens is 2. The van der Waals surface area contributed by atoms with E-state index < -0.39 is 11.7 Å². The Hall–Kier alpha value is -1.14. The Morgan fingerprint density at radius 2 is 2.11 bits per heavy atom. The fourth-order valence-electron chi connectivity index (χ4n) is 1.49. The lowest BCUT2D eigenvalue weighted by Crippen LogP contribution is -2.05. The highest BCUT2D eigenvalue weighted by Crippen LogP contribution is 2.37. The van der Waals surface area contributed by atoms with Crippen LogP contribution in [0.15, 0.2) is 35.6 Å². The number of imidazole rings is 1. The fourth-order valence-corrected chi connectivity index (χ4v) is 2.68. The van der Waals surface area contributed by atoms with Gasteiger partial charge in [-0.05, 0) is 18.2 Å². The maximum absolute atomic E-state index is 12.7. The topological polar surface area (TPSA) is 17.8 Å². The SMILES string of the molecule is Cn1cncc1CSc1ccc(Cl)c(C(F)(F)F)c1. The molecule has 0 aliphatic carbocycles. The van der Waals surface area contributed by atoms with Crippen molar-refractivity contribution in [3.63, 3.8) is 0 Å². The molecule has 0 spiro atoms. The Labute approximate surface area is 117 Å². The van der Waals surface area contributed by atoms with Gasteiger partial charge in [-0.15, -0.1) is 11.8 Å². The standard InChI is InChI=1S/C12H10ClF3N2S/c1-18-7-17-5-8(18)6-19-9-2-3-11(13)10(4-9)12(14,15)16/h2-5,7H,6H2,1H3. The summed E-state index contributed by atoms with van der Waals surface area (Å²) in [5, 5.41) is -0.280. The highest BCUT2D eigenvalue weighted by atomic mass is 35.5. The molecule has 0 amide bonds. The molecule has 0 fully saturated rings. The summed E-state index contributed by atoms with van der Waals surface area (Å²) in [4.78, 5) is 4.48. The average Bonchev–Trinajstić information content (AvgIpc) is 2.72. The summed E-state index contributed by atoms with van der Waals surface area (Å²) in [6.07, 6.45) is -1.09. The zero-order valence-corrected chi connectivity index (χ0v) is 11.5. The number of hydrogen-bond donors (Lipinski definition) is 0. The maximum atomic E-state index is 12.7. The van der Waals surface area contributed by atoms with Crippen molar-refractivity contribution in [2.75, 3.05) is 0 Å². The predicted molar refractivity (Wildman–Crippen MR) is 69.2 cm³/mol. The van der Waals surface area contributed by atoms with Gasteiger partial charge in [0.1, 0.15) is 0 Å². The smallest absolute Gasteiger partial charge is 0.337 e. The van der Waals surface area contributed by atoms with Crippen molar-refractivity contribution in [1.82, 2.24) is 9.55 Å². The number of nitrogens with zero attached hydrogens (tertiary/aromatic N) is 2. The van der Waals surface area contributed by atoms with Crippen molar-refractivity contribution >= 4 is 23.4 Å². The quantitative estimate of drug-likeness (QED) is 0.783. The minimum Gasteiger partial charge on any atom is -0.337 e. The molecule has 0 N–H and O–H groups in total. The van der Waals surface area contributed by atoms with Crippen LogP contribution in [-0.4, -0.2) is 9.55 Å². The van der Waals surface area contributed by atoms with Crippen molar-refractivity contribution in [1.29, 1.82) is 0 Å². The van der Waals surface area contributed by atoms with Crippen molar-refractivity contribution in [3.8, 4) is 0 Å². The van der Waals surface area contributed by atoms with Gasteiger partial charge in [0, 0.05) is 29.6 Å². The van der Waals surface area contributed by atoms with E-state index in [1.807, 2.05) is 11.6 Å². The number of rotatable bonds is 3. The molecule has 0 aliphatic heterocycles. The van der Waals surface area contributed by atoms with Gasteiger partial charge in [0.05, 0.1) is 16.9 Å². The molecular formula is C12H10ClF3N2S. The van der Waals surface area contributed by atoms with Crippen LogP contribution >= 0.6 is 23.4 Å². The average molecular weight is 307 g/mol. The van der Waals surface area contributed by atoms with Gasteiger partial charge in [0.25, 0.3) is 0 Å². The normalized spacial score (nSPS) is 11.8. The van der Waals surface area contributed by atoms with E-state index in [9.17, 15) is 13.2 Å². The van der Waals surface area contributed by atoms with Crippen LogP contribution in [0.1, 0.15) is 11.3 Å². The zero-order chi connectivity index (χ0) is 14.0. The molecule has 19 heavy (non-hydrogen) atoms. The van der Waals surface area contributed by atoms with Crippen LogP contribution in [0.5, 0.6) is 0 Å². The second-order valence-electron chi connectivity index (χ2n) is 3.92. The first-order chi connectivity index (χ1) is 8.88. The summed E-state index contributed by atoms with van der Waals surface area (Å²) < 4.78 is 39.9. The van der Waals surface area contributed by atoms with Crippen molar-refractivity contribution < 1.29 is 13.2 Å². The first kappa shape index (κ1) is 14.3. The van der Waals surface area contributed by atoms with Gasteiger partial charge in [-0.25, -0.2) is 4.98 Å². The number of thioether (sulfide) groups is 1. The Balaban J connectivity index is 2.16. The summed E-state index contributed by atoms with van der Waals surface area (Å²) in [7, 11) is 1.84. The number of hydrogen-bond acceptors (Lipinski definition) is 2. The Morgan fingerprint density at radius 3 is 2.68 bits per heavy atom. The minimum absolute atomic E-state index is 0.280. The second kappa shape index (κ2) is 5.46. The zero-order valence-electron chi connectivity index (χ0n) is 9.91. The number of alkyl halides is 3. The van der Waals surface area contributed by atoms with E-state index in [-0.39, 0.29) is 5.02 Å². The van der Waals surface area contributed by atoms with Gasteiger partial charge in [0.15, 0.2) is 0 Å². The molecule has 1 aromatic carbocycles. The molecule has 0 unspecified atom stereocenters. The molecule has 0 bridgehead atoms. The van der Waals surface area contributed by atoms with Gasteiger partial charge in [-0.1, -0.05) is 11.6 Å². The largest absolute Gasteiger partial charge is 0.417 e. The molecule has 1 aromatic heterocycles. The van der Waals surface area contributed by atoms with Gasteiger partial charge < -0.3 is 4.57 Å². The van der Waals surface area contributed by atoms with E-state index in [4.69, 9.17) is 11.6 Å². The third-order valence-corrected chi connectivity index (χ3v) is 3.90. The molecule has 0 radical (unpaired) electrons. The Morgan fingerprint density at radius 1 is 1.37 bits per heavy atom. The third-order valence-electron chi connectivity index (χ3n) is 2.55. The first-order valence-electron chi connectivity index (χ1n) is 5.32. The molecule has 0 atom stereocenters.